The first-order valence-corrected chi connectivity index (χ1v) is 12.7. The molecule has 0 radical (unpaired) electrons. The van der Waals surface area contributed by atoms with Crippen LogP contribution < -0.4 is 0 Å². The number of hydrogen-bond donors (Lipinski definition) is 2. The van der Waals surface area contributed by atoms with E-state index in [4.69, 9.17) is 0 Å². The number of aliphatic carboxylic acids is 1. The summed E-state index contributed by atoms with van der Waals surface area (Å²) in [5, 5.41) is 24.4. The first-order valence-electron chi connectivity index (χ1n) is 12.7. The lowest BCUT2D eigenvalue weighted by Crippen LogP contribution is -2.19. The third-order valence-electron chi connectivity index (χ3n) is 7.38. The van der Waals surface area contributed by atoms with Crippen LogP contribution in [-0.4, -0.2) is 26.6 Å². The SMILES string of the molecule is Cn1c2c(c3ccc(/C(CC(CCCCCCc4ccccc4)C(=O)O)=N\O)cc31)CCCC2. The minimum Gasteiger partial charge on any atom is -0.481 e. The number of nitrogens with zero attached hydrogens (tertiary/aromatic N) is 2. The second-order valence-corrected chi connectivity index (χ2v) is 9.65. The molecule has 180 valence electrons. The van der Waals surface area contributed by atoms with Crippen molar-refractivity contribution in [2.24, 2.45) is 18.1 Å². The summed E-state index contributed by atoms with van der Waals surface area (Å²) < 4.78 is 2.26. The highest BCUT2D eigenvalue weighted by Crippen LogP contribution is 2.32. The van der Waals surface area contributed by atoms with Crippen molar-refractivity contribution in [2.45, 2.75) is 70.6 Å². The average Bonchev–Trinajstić information content (AvgIpc) is 3.15. The van der Waals surface area contributed by atoms with E-state index in [1.54, 1.807) is 0 Å². The van der Waals surface area contributed by atoms with Gasteiger partial charge >= 0.3 is 5.97 Å². The summed E-state index contributed by atoms with van der Waals surface area (Å²) in [5.41, 5.74) is 6.59. The van der Waals surface area contributed by atoms with Gasteiger partial charge in [-0.15, -0.1) is 0 Å². The molecule has 5 nitrogen and oxygen atoms in total. The summed E-state index contributed by atoms with van der Waals surface area (Å²) in [5.74, 6) is -1.36. The van der Waals surface area contributed by atoms with Gasteiger partial charge in [0.25, 0.3) is 0 Å². The summed E-state index contributed by atoms with van der Waals surface area (Å²) in [6.07, 6.45) is 10.7. The summed E-state index contributed by atoms with van der Waals surface area (Å²) >= 11 is 0. The third-order valence-corrected chi connectivity index (χ3v) is 7.38. The zero-order chi connectivity index (χ0) is 23.9. The van der Waals surface area contributed by atoms with Gasteiger partial charge in [0.1, 0.15) is 0 Å². The van der Waals surface area contributed by atoms with E-state index in [1.807, 2.05) is 12.1 Å². The van der Waals surface area contributed by atoms with E-state index < -0.39 is 11.9 Å². The monoisotopic (exact) mass is 460 g/mol. The number of benzene rings is 2. The summed E-state index contributed by atoms with van der Waals surface area (Å²) in [7, 11) is 2.10. The number of oxime groups is 1. The Hall–Kier alpha value is -3.08. The van der Waals surface area contributed by atoms with Crippen molar-refractivity contribution < 1.29 is 15.1 Å². The lowest BCUT2D eigenvalue weighted by molar-refractivity contribution is -0.141. The van der Waals surface area contributed by atoms with Gasteiger partial charge in [-0.05, 0) is 62.1 Å². The van der Waals surface area contributed by atoms with Crippen molar-refractivity contribution in [2.75, 3.05) is 0 Å². The second-order valence-electron chi connectivity index (χ2n) is 9.65. The number of carboxylic acids is 1. The minimum atomic E-state index is -0.819. The molecule has 3 aromatic rings. The van der Waals surface area contributed by atoms with Crippen LogP contribution in [-0.2, 0) is 31.1 Å². The molecule has 0 spiro atoms. The molecule has 5 heteroatoms. The molecule has 1 aliphatic rings. The van der Waals surface area contributed by atoms with Crippen LogP contribution in [0, 0.1) is 5.92 Å². The summed E-state index contributed by atoms with van der Waals surface area (Å²) in [4.78, 5) is 11.9. The van der Waals surface area contributed by atoms with Gasteiger partial charge in [0, 0.05) is 35.6 Å². The zero-order valence-corrected chi connectivity index (χ0v) is 20.2. The number of aryl methyl sites for hydroxylation is 3. The van der Waals surface area contributed by atoms with E-state index in [1.165, 1.54) is 35.0 Å². The summed E-state index contributed by atoms with van der Waals surface area (Å²) in [6.45, 7) is 0. The van der Waals surface area contributed by atoms with Crippen molar-refractivity contribution in [1.82, 2.24) is 4.57 Å². The van der Waals surface area contributed by atoms with Crippen LogP contribution in [0.5, 0.6) is 0 Å². The lowest BCUT2D eigenvalue weighted by Gasteiger charge is -2.14. The molecule has 0 saturated heterocycles. The molecule has 0 bridgehead atoms. The molecule has 34 heavy (non-hydrogen) atoms. The molecule has 1 aromatic heterocycles. The van der Waals surface area contributed by atoms with E-state index >= 15 is 0 Å². The van der Waals surface area contributed by atoms with Crippen LogP contribution in [0.2, 0.25) is 0 Å². The molecular formula is C29H36N2O3. The van der Waals surface area contributed by atoms with Crippen LogP contribution in [0.4, 0.5) is 0 Å². The van der Waals surface area contributed by atoms with Crippen LogP contribution in [0.15, 0.2) is 53.7 Å². The highest BCUT2D eigenvalue weighted by atomic mass is 16.4. The fraction of sp³-hybridized carbons (Fsp3) is 0.448. The van der Waals surface area contributed by atoms with Gasteiger partial charge in [-0.25, -0.2) is 0 Å². The van der Waals surface area contributed by atoms with Gasteiger partial charge < -0.3 is 14.9 Å². The molecule has 2 aromatic carbocycles. The highest BCUT2D eigenvalue weighted by molar-refractivity contribution is 6.04. The Morgan fingerprint density at radius 3 is 2.56 bits per heavy atom. The van der Waals surface area contributed by atoms with Crippen LogP contribution in [0.1, 0.15) is 73.8 Å². The number of rotatable bonds is 11. The standard InChI is InChI=1S/C29H36N2O3/c1-31-27-16-10-9-15-24(27)25-18-17-22(20-28(25)31)26(30-34)19-23(29(32)33)14-8-3-2-5-11-21-12-6-4-7-13-21/h4,6-7,12-13,17-18,20,23,34H,2-3,5,8-11,14-16,19H2,1H3,(H,32,33)/b30-26-. The maximum absolute atomic E-state index is 11.9. The fourth-order valence-electron chi connectivity index (χ4n) is 5.42. The maximum atomic E-state index is 11.9. The van der Waals surface area contributed by atoms with E-state index in [9.17, 15) is 15.1 Å². The third kappa shape index (κ3) is 5.52. The normalized spacial score (nSPS) is 14.8. The molecule has 0 saturated carbocycles. The van der Waals surface area contributed by atoms with Gasteiger partial charge in [0.2, 0.25) is 0 Å². The Balaban J connectivity index is 1.35. The van der Waals surface area contributed by atoms with E-state index in [2.05, 4.69) is 53.2 Å². The smallest absolute Gasteiger partial charge is 0.306 e. The van der Waals surface area contributed by atoms with Gasteiger partial charge in [-0.1, -0.05) is 66.9 Å². The van der Waals surface area contributed by atoms with Crippen LogP contribution in [0.3, 0.4) is 0 Å². The Bertz CT molecular complexity index is 1150. The average molecular weight is 461 g/mol. The van der Waals surface area contributed by atoms with Crippen molar-refractivity contribution in [3.05, 3.63) is 70.9 Å². The molecule has 1 atom stereocenters. The molecule has 0 fully saturated rings. The van der Waals surface area contributed by atoms with Gasteiger partial charge in [0.05, 0.1) is 11.6 Å². The molecule has 4 rings (SSSR count). The topological polar surface area (TPSA) is 74.8 Å². The second kappa shape index (κ2) is 11.4. The number of fused-ring (bicyclic) bond motifs is 3. The van der Waals surface area contributed by atoms with Crippen LogP contribution in [0.25, 0.3) is 10.9 Å². The maximum Gasteiger partial charge on any atom is 0.306 e. The Morgan fingerprint density at radius 1 is 1.03 bits per heavy atom. The number of carboxylic acid groups (broad SMARTS) is 1. The lowest BCUT2D eigenvalue weighted by atomic mass is 9.91. The van der Waals surface area contributed by atoms with Crippen molar-refractivity contribution in [3.8, 4) is 0 Å². The van der Waals surface area contributed by atoms with Crippen molar-refractivity contribution >= 4 is 22.6 Å². The molecule has 0 amide bonds. The van der Waals surface area contributed by atoms with E-state index in [0.29, 0.717) is 12.1 Å². The van der Waals surface area contributed by atoms with Crippen molar-refractivity contribution in [3.63, 3.8) is 0 Å². The number of hydrogen-bond acceptors (Lipinski definition) is 3. The predicted octanol–water partition coefficient (Wildman–Crippen LogP) is 6.52. The first kappa shape index (κ1) is 24.1. The van der Waals surface area contributed by atoms with E-state index in [0.717, 1.165) is 56.0 Å². The number of aromatic nitrogens is 1. The molecular weight excluding hydrogens is 424 g/mol. The Morgan fingerprint density at radius 2 is 1.79 bits per heavy atom. The zero-order valence-electron chi connectivity index (χ0n) is 20.2. The summed E-state index contributed by atoms with van der Waals surface area (Å²) in [6, 6.07) is 16.6. The number of carbonyl (C=O) groups is 1. The molecule has 2 N–H and O–H groups in total. The van der Waals surface area contributed by atoms with Gasteiger partial charge in [-0.2, -0.15) is 0 Å². The highest BCUT2D eigenvalue weighted by Gasteiger charge is 2.23. The fourth-order valence-corrected chi connectivity index (χ4v) is 5.42. The van der Waals surface area contributed by atoms with Crippen LogP contribution >= 0.6 is 0 Å². The Kier molecular flexibility index (Phi) is 8.04. The molecule has 1 heterocycles. The van der Waals surface area contributed by atoms with E-state index in [-0.39, 0.29) is 6.42 Å². The first-order chi connectivity index (χ1) is 16.6. The number of unbranched alkanes of at least 4 members (excludes halogenated alkanes) is 3. The molecule has 1 unspecified atom stereocenters. The quantitative estimate of drug-likeness (QED) is 0.148. The molecule has 0 aliphatic heterocycles. The van der Waals surface area contributed by atoms with Gasteiger partial charge in [-0.3, -0.25) is 4.79 Å². The Labute approximate surface area is 202 Å². The van der Waals surface area contributed by atoms with Crippen molar-refractivity contribution in [1.29, 1.82) is 0 Å². The van der Waals surface area contributed by atoms with Gasteiger partial charge in [0.15, 0.2) is 0 Å². The molecule has 1 aliphatic carbocycles. The minimum absolute atomic E-state index is 0.242. The predicted molar refractivity (Wildman–Crippen MR) is 137 cm³/mol. The largest absolute Gasteiger partial charge is 0.481 e.